The maximum Gasteiger partial charge on any atom is 0.253 e. The number of amides is 2. The first-order valence-corrected chi connectivity index (χ1v) is 17.5. The van der Waals surface area contributed by atoms with Crippen molar-refractivity contribution in [2.24, 2.45) is 0 Å². The summed E-state index contributed by atoms with van der Waals surface area (Å²) in [6.07, 6.45) is 7.02. The summed E-state index contributed by atoms with van der Waals surface area (Å²) in [6.45, 7) is 9.93. The summed E-state index contributed by atoms with van der Waals surface area (Å²) in [7, 11) is 1.65. The Morgan fingerprint density at radius 1 is 0.915 bits per heavy atom. The molecule has 0 aromatic heterocycles. The van der Waals surface area contributed by atoms with Gasteiger partial charge in [0, 0.05) is 36.3 Å². The van der Waals surface area contributed by atoms with Gasteiger partial charge in [-0.1, -0.05) is 75.6 Å². The van der Waals surface area contributed by atoms with Crippen LogP contribution in [0.4, 0.5) is 0 Å². The molecule has 1 aliphatic rings. The number of nitrogens with zero attached hydrogens (tertiary/aromatic N) is 1. The number of rotatable bonds is 16. The summed E-state index contributed by atoms with van der Waals surface area (Å²) in [6, 6.07) is 23.0. The van der Waals surface area contributed by atoms with E-state index in [2.05, 4.69) is 38.3 Å². The number of carbonyl (C=O) groups excluding carboxylic acids is 2. The number of hydrogen-bond donors (Lipinski definition) is 3. The molecule has 1 saturated carbocycles. The molecule has 2 amide bonds. The maximum absolute atomic E-state index is 14.1. The van der Waals surface area contributed by atoms with Gasteiger partial charge in [-0.3, -0.25) is 9.59 Å². The van der Waals surface area contributed by atoms with Crippen molar-refractivity contribution in [3.8, 4) is 5.75 Å². The van der Waals surface area contributed by atoms with Gasteiger partial charge in [-0.05, 0) is 98.9 Å². The van der Waals surface area contributed by atoms with Crippen LogP contribution in [0.5, 0.6) is 5.75 Å². The van der Waals surface area contributed by atoms with Crippen molar-refractivity contribution in [1.29, 1.82) is 0 Å². The predicted octanol–water partition coefficient (Wildman–Crippen LogP) is 7.23. The van der Waals surface area contributed by atoms with E-state index in [0.29, 0.717) is 36.6 Å². The number of hydrogen-bond acceptors (Lipinski definition) is 5. The summed E-state index contributed by atoms with van der Waals surface area (Å²) in [5, 5.41) is 18.3. The fourth-order valence-electron chi connectivity index (χ4n) is 6.63. The number of carbonyl (C=O) groups is 2. The molecule has 3 aromatic rings. The average Bonchev–Trinajstić information content (AvgIpc) is 3.10. The van der Waals surface area contributed by atoms with Crippen LogP contribution in [-0.2, 0) is 12.0 Å². The molecule has 3 aromatic carbocycles. The van der Waals surface area contributed by atoms with Gasteiger partial charge >= 0.3 is 0 Å². The number of benzene rings is 3. The van der Waals surface area contributed by atoms with E-state index in [1.807, 2.05) is 71.6 Å². The molecule has 0 radical (unpaired) electrons. The normalized spacial score (nSPS) is 15.1. The highest BCUT2D eigenvalue weighted by Crippen LogP contribution is 2.34. The quantitative estimate of drug-likeness (QED) is 0.154. The molecule has 0 unspecified atom stereocenters. The third-order valence-electron chi connectivity index (χ3n) is 9.44. The van der Waals surface area contributed by atoms with Crippen molar-refractivity contribution in [3.05, 3.63) is 101 Å². The molecule has 0 saturated heterocycles. The van der Waals surface area contributed by atoms with Crippen molar-refractivity contribution < 1.29 is 19.4 Å². The van der Waals surface area contributed by atoms with Crippen LogP contribution in [0.15, 0.2) is 72.8 Å². The van der Waals surface area contributed by atoms with Crippen LogP contribution in [0.1, 0.15) is 116 Å². The molecule has 1 fully saturated rings. The second kappa shape index (κ2) is 17.5. The lowest BCUT2D eigenvalue weighted by Crippen LogP contribution is -2.51. The van der Waals surface area contributed by atoms with Gasteiger partial charge in [0.25, 0.3) is 11.8 Å². The number of aliphatic hydroxyl groups is 1. The minimum absolute atomic E-state index is 0.0229. The second-order valence-corrected chi connectivity index (χ2v) is 13.5. The lowest BCUT2D eigenvalue weighted by atomic mass is 9.83. The van der Waals surface area contributed by atoms with Crippen molar-refractivity contribution in [1.82, 2.24) is 15.5 Å². The van der Waals surface area contributed by atoms with E-state index in [0.717, 1.165) is 61.0 Å². The van der Waals surface area contributed by atoms with E-state index in [1.54, 1.807) is 13.2 Å². The van der Waals surface area contributed by atoms with Crippen LogP contribution in [0.25, 0.3) is 0 Å². The van der Waals surface area contributed by atoms with Crippen LogP contribution in [-0.4, -0.2) is 60.7 Å². The SMILES string of the molecule is CCCN(CCC)C(=O)c1cc(C(=O)N[C@@H](Cc2ccccc2)[C@H](O)CNC(C)(C)c2cccc(OC)c2)cc(C2CCCCC2)c1. The number of ether oxygens (including phenoxy) is 1. The van der Waals surface area contributed by atoms with E-state index < -0.39 is 17.7 Å². The molecule has 0 heterocycles. The molecule has 0 bridgehead atoms. The Hall–Kier alpha value is -3.68. The van der Waals surface area contributed by atoms with Crippen molar-refractivity contribution >= 4 is 11.8 Å². The first kappa shape index (κ1) is 36.2. The van der Waals surface area contributed by atoms with Crippen LogP contribution in [0.2, 0.25) is 0 Å². The first-order chi connectivity index (χ1) is 22.6. The minimum atomic E-state index is -0.878. The molecule has 7 heteroatoms. The third-order valence-corrected chi connectivity index (χ3v) is 9.44. The van der Waals surface area contributed by atoms with Crippen LogP contribution < -0.4 is 15.4 Å². The molecule has 4 rings (SSSR count). The second-order valence-electron chi connectivity index (χ2n) is 13.5. The van der Waals surface area contributed by atoms with Crippen molar-refractivity contribution in [2.75, 3.05) is 26.7 Å². The van der Waals surface area contributed by atoms with Gasteiger partial charge < -0.3 is 25.4 Å². The molecule has 1 aliphatic carbocycles. The molecule has 2 atom stereocenters. The van der Waals surface area contributed by atoms with E-state index in [9.17, 15) is 14.7 Å². The fourth-order valence-corrected chi connectivity index (χ4v) is 6.63. The first-order valence-electron chi connectivity index (χ1n) is 17.5. The Bertz CT molecular complexity index is 1430. The summed E-state index contributed by atoms with van der Waals surface area (Å²) >= 11 is 0. The van der Waals surface area contributed by atoms with Gasteiger partial charge in [-0.25, -0.2) is 0 Å². The summed E-state index contributed by atoms with van der Waals surface area (Å²) < 4.78 is 5.42. The van der Waals surface area contributed by atoms with Gasteiger partial charge in [-0.15, -0.1) is 0 Å². The van der Waals surface area contributed by atoms with E-state index >= 15 is 0 Å². The van der Waals surface area contributed by atoms with Crippen molar-refractivity contribution in [2.45, 2.75) is 103 Å². The van der Waals surface area contributed by atoms with Crippen molar-refractivity contribution in [3.63, 3.8) is 0 Å². The van der Waals surface area contributed by atoms with Crippen LogP contribution in [0.3, 0.4) is 0 Å². The molecule has 47 heavy (non-hydrogen) atoms. The average molecular weight is 642 g/mol. The molecule has 3 N–H and O–H groups in total. The largest absolute Gasteiger partial charge is 0.497 e. The molecular formula is C40H55N3O4. The zero-order valence-electron chi connectivity index (χ0n) is 29.1. The molecule has 0 aliphatic heterocycles. The lowest BCUT2D eigenvalue weighted by Gasteiger charge is -2.31. The molecule has 254 valence electrons. The van der Waals surface area contributed by atoms with Gasteiger partial charge in [0.05, 0.1) is 19.3 Å². The molecular weight excluding hydrogens is 586 g/mol. The van der Waals surface area contributed by atoms with Gasteiger partial charge in [-0.2, -0.15) is 0 Å². The van der Waals surface area contributed by atoms with Crippen LogP contribution >= 0.6 is 0 Å². The zero-order valence-corrected chi connectivity index (χ0v) is 29.1. The Morgan fingerprint density at radius 2 is 1.60 bits per heavy atom. The Balaban J connectivity index is 1.60. The molecule has 7 nitrogen and oxygen atoms in total. The number of methoxy groups -OCH3 is 1. The zero-order chi connectivity index (χ0) is 33.8. The van der Waals surface area contributed by atoms with E-state index in [-0.39, 0.29) is 18.4 Å². The monoisotopic (exact) mass is 641 g/mol. The lowest BCUT2D eigenvalue weighted by molar-refractivity contribution is 0.0755. The summed E-state index contributed by atoms with van der Waals surface area (Å²) in [5.41, 5.74) is 3.70. The standard InChI is InChI=1S/C40H55N3O4/c1-6-21-43(22-7-2)39(46)33-25-31(30-17-12-9-13-18-30)24-32(26-33)38(45)42-36(23-29-15-10-8-11-16-29)37(44)28-41-40(3,4)34-19-14-20-35(27-34)47-5/h8,10-11,14-16,19-20,24-27,30,36-37,41,44H,6-7,9,12-13,17-18,21-23,28H2,1-5H3,(H,42,45)/t36-,37+/m0/s1. The van der Waals surface area contributed by atoms with E-state index in [1.165, 1.54) is 6.42 Å². The third kappa shape index (κ3) is 10.2. The van der Waals surface area contributed by atoms with Crippen LogP contribution in [0, 0.1) is 0 Å². The highest BCUT2D eigenvalue weighted by atomic mass is 16.5. The Labute approximate surface area is 282 Å². The van der Waals surface area contributed by atoms with Gasteiger partial charge in [0.2, 0.25) is 0 Å². The highest BCUT2D eigenvalue weighted by Gasteiger charge is 2.28. The number of nitrogens with one attached hydrogen (secondary N) is 2. The predicted molar refractivity (Wildman–Crippen MR) is 190 cm³/mol. The number of aliphatic hydroxyl groups excluding tert-OH is 1. The molecule has 0 spiro atoms. The fraction of sp³-hybridized carbons (Fsp3) is 0.500. The highest BCUT2D eigenvalue weighted by molar-refractivity contribution is 6.00. The Morgan fingerprint density at radius 3 is 2.26 bits per heavy atom. The minimum Gasteiger partial charge on any atom is -0.497 e. The topological polar surface area (TPSA) is 90.9 Å². The summed E-state index contributed by atoms with van der Waals surface area (Å²) in [5.74, 6) is 0.807. The van der Waals surface area contributed by atoms with E-state index in [4.69, 9.17) is 4.74 Å². The maximum atomic E-state index is 14.1. The van der Waals surface area contributed by atoms with Gasteiger partial charge in [0.1, 0.15) is 5.75 Å². The smallest absolute Gasteiger partial charge is 0.253 e. The summed E-state index contributed by atoms with van der Waals surface area (Å²) in [4.78, 5) is 29.8. The van der Waals surface area contributed by atoms with Gasteiger partial charge in [0.15, 0.2) is 0 Å². The Kier molecular flexibility index (Phi) is 13.4.